The molecule has 3 aromatic rings. The summed E-state index contributed by atoms with van der Waals surface area (Å²) in [5, 5.41) is 5.32. The monoisotopic (exact) mass is 407 g/mol. The minimum absolute atomic E-state index is 0.0102. The van der Waals surface area contributed by atoms with E-state index in [1.165, 1.54) is 11.3 Å². The number of benzene rings is 1. The van der Waals surface area contributed by atoms with Crippen molar-refractivity contribution in [3.8, 4) is 10.6 Å². The van der Waals surface area contributed by atoms with Crippen molar-refractivity contribution in [2.24, 2.45) is 0 Å². The van der Waals surface area contributed by atoms with Gasteiger partial charge >= 0.3 is 5.97 Å². The Balaban J connectivity index is 1.34. The summed E-state index contributed by atoms with van der Waals surface area (Å²) in [4.78, 5) is 44.7. The number of Topliss-reactive ketones (excluding diaryl/α,β-unsaturated/α-hetero) is 1. The van der Waals surface area contributed by atoms with Crippen molar-refractivity contribution in [2.75, 3.05) is 11.9 Å². The summed E-state index contributed by atoms with van der Waals surface area (Å²) >= 11 is 1.42. The molecule has 1 amide bonds. The largest absolute Gasteiger partial charge is 0.457 e. The van der Waals surface area contributed by atoms with Crippen molar-refractivity contribution in [1.29, 1.82) is 0 Å². The maximum Gasteiger partial charge on any atom is 0.312 e. The molecule has 0 saturated heterocycles. The lowest BCUT2D eigenvalue weighted by molar-refractivity contribution is -0.141. The van der Waals surface area contributed by atoms with E-state index in [9.17, 15) is 14.4 Å². The maximum atomic E-state index is 12.4. The first-order chi connectivity index (χ1) is 14.0. The summed E-state index contributed by atoms with van der Waals surface area (Å²) in [6.07, 6.45) is 3.38. The highest BCUT2D eigenvalue weighted by Gasteiger charge is 2.27. The standard InChI is InChI=1S/C21H17N3O4S/c1-12-16-7-13(4-5-17(16)24-20(12)27)18(25)10-28-19(26)8-15-11-29-21(23-15)14-3-2-6-22-9-14/h2-7,9,11-12H,8,10H2,1H3,(H,24,27)/t12-/m1/s1. The predicted molar refractivity (Wildman–Crippen MR) is 108 cm³/mol. The normalized spacial score (nSPS) is 14.9. The third-order valence-corrected chi connectivity index (χ3v) is 5.58. The molecule has 0 fully saturated rings. The number of fused-ring (bicyclic) bond motifs is 1. The second-order valence-electron chi connectivity index (χ2n) is 6.66. The van der Waals surface area contributed by atoms with Crippen molar-refractivity contribution in [3.05, 3.63) is 64.9 Å². The number of nitrogens with zero attached hydrogens (tertiary/aromatic N) is 2. The average molecular weight is 407 g/mol. The Morgan fingerprint density at radius 2 is 2.14 bits per heavy atom. The van der Waals surface area contributed by atoms with Crippen LogP contribution in [0.15, 0.2) is 48.1 Å². The first kappa shape index (κ1) is 18.9. The number of hydrogen-bond donors (Lipinski definition) is 1. The highest BCUT2D eigenvalue weighted by molar-refractivity contribution is 7.13. The van der Waals surface area contributed by atoms with Crippen molar-refractivity contribution in [2.45, 2.75) is 19.3 Å². The molecule has 0 saturated carbocycles. The van der Waals surface area contributed by atoms with Crippen LogP contribution in [0.2, 0.25) is 0 Å². The summed E-state index contributed by atoms with van der Waals surface area (Å²) in [6.45, 7) is 1.43. The van der Waals surface area contributed by atoms with Gasteiger partial charge in [-0.2, -0.15) is 0 Å². The van der Waals surface area contributed by atoms with Gasteiger partial charge in [-0.3, -0.25) is 19.4 Å². The highest BCUT2D eigenvalue weighted by atomic mass is 32.1. The number of pyridine rings is 1. The fourth-order valence-corrected chi connectivity index (χ4v) is 3.84. The molecule has 4 rings (SSSR count). The Morgan fingerprint density at radius 3 is 2.93 bits per heavy atom. The maximum absolute atomic E-state index is 12.4. The van der Waals surface area contributed by atoms with Gasteiger partial charge in [0.15, 0.2) is 12.4 Å². The summed E-state index contributed by atoms with van der Waals surface area (Å²) in [5.74, 6) is -1.24. The zero-order valence-electron chi connectivity index (χ0n) is 15.5. The van der Waals surface area contributed by atoms with Gasteiger partial charge in [0.05, 0.1) is 18.0 Å². The van der Waals surface area contributed by atoms with Crippen LogP contribution in [0, 0.1) is 0 Å². The molecule has 0 aliphatic carbocycles. The van der Waals surface area contributed by atoms with Gasteiger partial charge in [0.2, 0.25) is 5.91 Å². The van der Waals surface area contributed by atoms with Crippen molar-refractivity contribution < 1.29 is 19.1 Å². The molecule has 0 spiro atoms. The molecule has 0 bridgehead atoms. The zero-order valence-corrected chi connectivity index (χ0v) is 16.4. The van der Waals surface area contributed by atoms with E-state index < -0.39 is 5.97 Å². The van der Waals surface area contributed by atoms with Crippen LogP contribution >= 0.6 is 11.3 Å². The topological polar surface area (TPSA) is 98.2 Å². The minimum atomic E-state index is -0.521. The van der Waals surface area contributed by atoms with Gasteiger partial charge in [0, 0.05) is 34.6 Å². The van der Waals surface area contributed by atoms with Crippen LogP contribution in [-0.2, 0) is 20.7 Å². The number of aromatic nitrogens is 2. The fraction of sp³-hybridized carbons (Fsp3) is 0.190. The molecule has 8 heteroatoms. The molecule has 3 heterocycles. The Morgan fingerprint density at radius 1 is 1.28 bits per heavy atom. The van der Waals surface area contributed by atoms with Gasteiger partial charge in [0.25, 0.3) is 0 Å². The molecule has 1 N–H and O–H groups in total. The van der Waals surface area contributed by atoms with Crippen LogP contribution in [0.25, 0.3) is 10.6 Å². The molecule has 146 valence electrons. The zero-order chi connectivity index (χ0) is 20.4. The summed E-state index contributed by atoms with van der Waals surface area (Å²) in [5.41, 5.74) is 3.36. The Bertz CT molecular complexity index is 1090. The summed E-state index contributed by atoms with van der Waals surface area (Å²) in [7, 11) is 0. The second kappa shape index (κ2) is 7.92. The number of ether oxygens (including phenoxy) is 1. The number of amides is 1. The van der Waals surface area contributed by atoms with Crippen LogP contribution in [0.1, 0.15) is 34.5 Å². The van der Waals surface area contributed by atoms with Crippen molar-refractivity contribution in [3.63, 3.8) is 0 Å². The van der Waals surface area contributed by atoms with E-state index in [1.807, 2.05) is 12.1 Å². The minimum Gasteiger partial charge on any atom is -0.457 e. The fourth-order valence-electron chi connectivity index (χ4n) is 3.03. The number of anilines is 1. The molecule has 29 heavy (non-hydrogen) atoms. The average Bonchev–Trinajstić information content (AvgIpc) is 3.31. The predicted octanol–water partition coefficient (Wildman–Crippen LogP) is 3.23. The van der Waals surface area contributed by atoms with Gasteiger partial charge in [-0.25, -0.2) is 4.98 Å². The van der Waals surface area contributed by atoms with E-state index in [2.05, 4.69) is 15.3 Å². The number of rotatable bonds is 6. The van der Waals surface area contributed by atoms with Gasteiger partial charge in [-0.05, 0) is 42.8 Å². The first-order valence-electron chi connectivity index (χ1n) is 8.99. The molecule has 1 atom stereocenters. The number of thiazole rings is 1. The third kappa shape index (κ3) is 4.07. The van der Waals surface area contributed by atoms with Crippen molar-refractivity contribution >= 4 is 34.7 Å². The quantitative estimate of drug-likeness (QED) is 0.498. The van der Waals surface area contributed by atoms with Gasteiger partial charge in [-0.15, -0.1) is 11.3 Å². The van der Waals surface area contributed by atoms with E-state index in [-0.39, 0.29) is 30.6 Å². The number of nitrogens with one attached hydrogen (secondary N) is 1. The Labute approximate surface area is 170 Å². The third-order valence-electron chi connectivity index (χ3n) is 4.64. The lowest BCUT2D eigenvalue weighted by Gasteiger charge is -2.06. The van der Waals surface area contributed by atoms with Gasteiger partial charge in [-0.1, -0.05) is 0 Å². The highest BCUT2D eigenvalue weighted by Crippen LogP contribution is 2.32. The van der Waals surface area contributed by atoms with E-state index in [4.69, 9.17) is 4.74 Å². The SMILES string of the molecule is C[C@H]1C(=O)Nc2ccc(C(=O)COC(=O)Cc3csc(-c4cccnc4)n3)cc21. The number of esters is 1. The van der Waals surface area contributed by atoms with Crippen LogP contribution in [0.3, 0.4) is 0 Å². The van der Waals surface area contributed by atoms with Crippen LogP contribution < -0.4 is 5.32 Å². The number of carbonyl (C=O) groups excluding carboxylic acids is 3. The lowest BCUT2D eigenvalue weighted by atomic mass is 9.99. The van der Waals surface area contributed by atoms with Crippen LogP contribution in [-0.4, -0.2) is 34.2 Å². The van der Waals surface area contributed by atoms with E-state index in [1.54, 1.807) is 42.9 Å². The number of ketones is 1. The smallest absolute Gasteiger partial charge is 0.312 e. The van der Waals surface area contributed by atoms with E-state index >= 15 is 0 Å². The Hall–Kier alpha value is -3.39. The summed E-state index contributed by atoms with van der Waals surface area (Å²) in [6, 6.07) is 8.71. The second-order valence-corrected chi connectivity index (χ2v) is 7.52. The van der Waals surface area contributed by atoms with Crippen LogP contribution in [0.5, 0.6) is 0 Å². The molecular formula is C21H17N3O4S. The molecule has 2 aromatic heterocycles. The Kier molecular flexibility index (Phi) is 5.18. The van der Waals surface area contributed by atoms with E-state index in [0.29, 0.717) is 16.9 Å². The molecule has 1 aromatic carbocycles. The van der Waals surface area contributed by atoms with E-state index in [0.717, 1.165) is 16.1 Å². The van der Waals surface area contributed by atoms with Gasteiger partial charge < -0.3 is 10.1 Å². The molecule has 7 nitrogen and oxygen atoms in total. The molecular weight excluding hydrogens is 390 g/mol. The molecule has 1 aliphatic rings. The number of carbonyl (C=O) groups is 3. The van der Waals surface area contributed by atoms with Crippen molar-refractivity contribution in [1.82, 2.24) is 9.97 Å². The molecule has 0 unspecified atom stereocenters. The first-order valence-corrected chi connectivity index (χ1v) is 9.87. The van der Waals surface area contributed by atoms with Gasteiger partial charge in [0.1, 0.15) is 5.01 Å². The summed E-state index contributed by atoms with van der Waals surface area (Å²) < 4.78 is 5.13. The molecule has 0 radical (unpaired) electrons. The molecule has 1 aliphatic heterocycles. The lowest BCUT2D eigenvalue weighted by Crippen LogP contribution is -2.16. The number of hydrogen-bond acceptors (Lipinski definition) is 7. The van der Waals surface area contributed by atoms with Crippen LogP contribution in [0.4, 0.5) is 5.69 Å².